The molecule has 0 radical (unpaired) electrons. The van der Waals surface area contributed by atoms with Crippen molar-refractivity contribution in [1.29, 1.82) is 0 Å². The van der Waals surface area contributed by atoms with Gasteiger partial charge in [0.15, 0.2) is 6.61 Å². The zero-order chi connectivity index (χ0) is 18.5. The highest BCUT2D eigenvalue weighted by atomic mass is 32.2. The van der Waals surface area contributed by atoms with Gasteiger partial charge in [0.25, 0.3) is 5.91 Å². The van der Waals surface area contributed by atoms with Gasteiger partial charge >= 0.3 is 5.97 Å². The van der Waals surface area contributed by atoms with Crippen LogP contribution in [0, 0.1) is 0 Å². The molecule has 0 N–H and O–H groups in total. The predicted molar refractivity (Wildman–Crippen MR) is 104 cm³/mol. The quantitative estimate of drug-likeness (QED) is 0.594. The van der Waals surface area contributed by atoms with E-state index in [1.807, 2.05) is 68.4 Å². The molecule has 2 aromatic rings. The highest BCUT2D eigenvalue weighted by Gasteiger charge is 2.32. The molecule has 0 fully saturated rings. The van der Waals surface area contributed by atoms with Crippen LogP contribution >= 0.6 is 11.8 Å². The molecule has 0 aromatic heterocycles. The Labute approximate surface area is 157 Å². The number of hydrogen-bond acceptors (Lipinski definition) is 4. The van der Waals surface area contributed by atoms with Crippen molar-refractivity contribution in [3.05, 3.63) is 71.8 Å². The number of hydrogen-bond donors (Lipinski definition) is 0. The molecule has 2 aromatic carbocycles. The van der Waals surface area contributed by atoms with Gasteiger partial charge in [0.2, 0.25) is 0 Å². The van der Waals surface area contributed by atoms with E-state index < -0.39 is 5.97 Å². The molecule has 4 nitrogen and oxygen atoms in total. The van der Waals surface area contributed by atoms with E-state index in [2.05, 4.69) is 0 Å². The van der Waals surface area contributed by atoms with Crippen molar-refractivity contribution >= 4 is 29.3 Å². The third-order valence-electron chi connectivity index (χ3n) is 4.03. The molecule has 26 heavy (non-hydrogen) atoms. The summed E-state index contributed by atoms with van der Waals surface area (Å²) in [6, 6.07) is 17.7. The number of amides is 1. The molecule has 0 saturated carbocycles. The highest BCUT2D eigenvalue weighted by molar-refractivity contribution is 7.99. The van der Waals surface area contributed by atoms with Crippen molar-refractivity contribution in [3.63, 3.8) is 0 Å². The highest BCUT2D eigenvalue weighted by Crippen LogP contribution is 2.43. The van der Waals surface area contributed by atoms with Crippen LogP contribution in [-0.2, 0) is 14.3 Å². The van der Waals surface area contributed by atoms with Crippen LogP contribution in [0.3, 0.4) is 0 Å². The van der Waals surface area contributed by atoms with Gasteiger partial charge in [-0.25, -0.2) is 4.79 Å². The van der Waals surface area contributed by atoms with E-state index in [1.165, 1.54) is 6.08 Å². The maximum absolute atomic E-state index is 13.0. The molecule has 3 rings (SSSR count). The van der Waals surface area contributed by atoms with Crippen molar-refractivity contribution in [3.8, 4) is 0 Å². The van der Waals surface area contributed by atoms with Crippen LogP contribution in [0.25, 0.3) is 0 Å². The molecule has 1 amide bonds. The molecule has 134 valence electrons. The van der Waals surface area contributed by atoms with E-state index in [9.17, 15) is 9.59 Å². The number of ether oxygens (including phenoxy) is 1. The second-order valence-electron chi connectivity index (χ2n) is 6.30. The minimum Gasteiger partial charge on any atom is -0.452 e. The minimum absolute atomic E-state index is 0.0919. The number of para-hydroxylation sites is 1. The molecular formula is C21H21NO3S. The lowest BCUT2D eigenvalue weighted by Gasteiger charge is -2.37. The lowest BCUT2D eigenvalue weighted by atomic mass is 10.1. The van der Waals surface area contributed by atoms with Crippen LogP contribution in [-0.4, -0.2) is 24.2 Å². The summed E-state index contributed by atoms with van der Waals surface area (Å²) in [6.45, 7) is 3.35. The first-order valence-electron chi connectivity index (χ1n) is 8.47. The van der Waals surface area contributed by atoms with Gasteiger partial charge in [-0.15, -0.1) is 11.8 Å². The van der Waals surface area contributed by atoms with Crippen molar-refractivity contribution < 1.29 is 14.3 Å². The molecule has 0 bridgehead atoms. The number of nitrogens with zero attached hydrogens (tertiary/aromatic N) is 1. The average Bonchev–Trinajstić information content (AvgIpc) is 2.65. The number of esters is 1. The molecule has 1 atom stereocenters. The van der Waals surface area contributed by atoms with Crippen LogP contribution < -0.4 is 4.90 Å². The number of fused-ring (bicyclic) bond motifs is 1. The molecule has 0 unspecified atom stereocenters. The van der Waals surface area contributed by atoms with Crippen molar-refractivity contribution in [2.45, 2.75) is 24.8 Å². The fourth-order valence-electron chi connectivity index (χ4n) is 2.90. The molecule has 0 spiro atoms. The predicted octanol–water partition coefficient (Wildman–Crippen LogP) is 4.38. The van der Waals surface area contributed by atoms with E-state index in [-0.39, 0.29) is 18.6 Å². The Bertz CT molecular complexity index is 828. The third kappa shape index (κ3) is 4.17. The molecule has 1 aliphatic rings. The second kappa shape index (κ2) is 8.23. The summed E-state index contributed by atoms with van der Waals surface area (Å²) in [5, 5.41) is 0. The fourth-order valence-corrected chi connectivity index (χ4v) is 4.07. The number of carbonyl (C=O) groups excluding carboxylic acids is 2. The Balaban J connectivity index is 1.87. The van der Waals surface area contributed by atoms with Crippen molar-refractivity contribution in [2.24, 2.45) is 0 Å². The summed E-state index contributed by atoms with van der Waals surface area (Å²) in [4.78, 5) is 27.5. The number of anilines is 1. The molecule has 0 saturated heterocycles. The van der Waals surface area contributed by atoms with Gasteiger partial charge in [0.1, 0.15) is 0 Å². The van der Waals surface area contributed by atoms with Gasteiger partial charge in [-0.2, -0.15) is 0 Å². The summed E-state index contributed by atoms with van der Waals surface area (Å²) in [5.74, 6) is 0.0469. The Kier molecular flexibility index (Phi) is 5.78. The summed E-state index contributed by atoms with van der Waals surface area (Å²) >= 11 is 1.73. The lowest BCUT2D eigenvalue weighted by molar-refractivity contribution is -0.143. The van der Waals surface area contributed by atoms with E-state index in [0.29, 0.717) is 0 Å². The van der Waals surface area contributed by atoms with Gasteiger partial charge in [0, 0.05) is 16.7 Å². The van der Waals surface area contributed by atoms with Crippen LogP contribution in [0.15, 0.2) is 71.1 Å². The van der Waals surface area contributed by atoms with Gasteiger partial charge < -0.3 is 4.74 Å². The van der Waals surface area contributed by atoms with Crippen molar-refractivity contribution in [2.75, 3.05) is 17.3 Å². The maximum Gasteiger partial charge on any atom is 0.331 e. The largest absolute Gasteiger partial charge is 0.452 e. The van der Waals surface area contributed by atoms with Gasteiger partial charge in [-0.3, -0.25) is 9.69 Å². The second-order valence-corrected chi connectivity index (χ2v) is 7.36. The molecule has 5 heteroatoms. The van der Waals surface area contributed by atoms with E-state index in [1.54, 1.807) is 16.7 Å². The van der Waals surface area contributed by atoms with Gasteiger partial charge in [-0.1, -0.05) is 48.0 Å². The van der Waals surface area contributed by atoms with Crippen LogP contribution in [0.1, 0.15) is 25.5 Å². The SMILES string of the molecule is CC(C)=CC(=O)OCC(=O)N1c2ccccc2SC[C@@H]1c1ccccc1. The van der Waals surface area contributed by atoms with Crippen LogP contribution in [0.2, 0.25) is 0 Å². The first-order chi connectivity index (χ1) is 12.6. The van der Waals surface area contributed by atoms with Crippen LogP contribution in [0.5, 0.6) is 0 Å². The fraction of sp³-hybridized carbons (Fsp3) is 0.238. The standard InChI is InChI=1S/C21H21NO3S/c1-15(2)12-21(24)25-13-20(23)22-17-10-6-7-11-19(17)26-14-18(22)16-8-4-3-5-9-16/h3-12,18H,13-14H2,1-2H3/t18-/m1/s1. The summed E-state index contributed by atoms with van der Waals surface area (Å²) in [7, 11) is 0. The zero-order valence-electron chi connectivity index (χ0n) is 14.8. The molecule has 1 heterocycles. The Morgan fingerprint density at radius 3 is 2.54 bits per heavy atom. The van der Waals surface area contributed by atoms with Gasteiger partial charge in [0.05, 0.1) is 11.7 Å². The summed E-state index contributed by atoms with van der Waals surface area (Å²) < 4.78 is 5.15. The number of carbonyl (C=O) groups is 2. The molecule has 0 aliphatic carbocycles. The number of benzene rings is 2. The van der Waals surface area contributed by atoms with Crippen molar-refractivity contribution in [1.82, 2.24) is 0 Å². The average molecular weight is 367 g/mol. The van der Waals surface area contributed by atoms with Crippen LogP contribution in [0.4, 0.5) is 5.69 Å². The smallest absolute Gasteiger partial charge is 0.331 e. The number of allylic oxidation sites excluding steroid dienone is 1. The van der Waals surface area contributed by atoms with E-state index in [4.69, 9.17) is 4.74 Å². The topological polar surface area (TPSA) is 46.6 Å². The number of thioether (sulfide) groups is 1. The third-order valence-corrected chi connectivity index (χ3v) is 5.17. The van der Waals surface area contributed by atoms with Gasteiger partial charge in [-0.05, 0) is 31.5 Å². The lowest BCUT2D eigenvalue weighted by Crippen LogP contribution is -2.41. The minimum atomic E-state index is -0.491. The summed E-state index contributed by atoms with van der Waals surface area (Å²) in [5.41, 5.74) is 2.77. The Morgan fingerprint density at radius 2 is 1.81 bits per heavy atom. The zero-order valence-corrected chi connectivity index (χ0v) is 15.7. The first kappa shape index (κ1) is 18.3. The Morgan fingerprint density at radius 1 is 1.12 bits per heavy atom. The summed E-state index contributed by atoms with van der Waals surface area (Å²) in [6.07, 6.45) is 1.39. The first-order valence-corrected chi connectivity index (χ1v) is 9.45. The molecular weight excluding hydrogens is 346 g/mol. The van der Waals surface area contributed by atoms with E-state index >= 15 is 0 Å². The number of rotatable bonds is 4. The Hall–Kier alpha value is -2.53. The van der Waals surface area contributed by atoms with E-state index in [0.717, 1.165) is 27.5 Å². The monoisotopic (exact) mass is 367 g/mol. The maximum atomic E-state index is 13.0. The normalized spacial score (nSPS) is 15.8. The molecule has 1 aliphatic heterocycles.